The third-order valence-corrected chi connectivity index (χ3v) is 3.82. The maximum Gasteiger partial charge on any atom is 0.228 e. The smallest absolute Gasteiger partial charge is 0.228 e. The lowest BCUT2D eigenvalue weighted by atomic mass is 9.94. The number of anilines is 1. The number of pyridine rings is 1. The highest BCUT2D eigenvalue weighted by Crippen LogP contribution is 2.24. The summed E-state index contributed by atoms with van der Waals surface area (Å²) in [5, 5.41) is 6.86. The molecule has 0 spiro atoms. The van der Waals surface area contributed by atoms with E-state index in [9.17, 15) is 0 Å². The van der Waals surface area contributed by atoms with Gasteiger partial charge in [-0.05, 0) is 37.3 Å². The predicted molar refractivity (Wildman–Crippen MR) is 83.3 cm³/mol. The van der Waals surface area contributed by atoms with Gasteiger partial charge in [0.05, 0.1) is 5.56 Å². The van der Waals surface area contributed by atoms with Gasteiger partial charge in [-0.1, -0.05) is 17.4 Å². The van der Waals surface area contributed by atoms with Crippen LogP contribution in [-0.4, -0.2) is 26.7 Å². The number of nitrogens with zero attached hydrogens (tertiary/aromatic N) is 3. The van der Waals surface area contributed by atoms with Crippen molar-refractivity contribution >= 4 is 23.0 Å². The van der Waals surface area contributed by atoms with Crippen LogP contribution in [0.15, 0.2) is 16.9 Å². The minimum atomic E-state index is 0.371. The summed E-state index contributed by atoms with van der Waals surface area (Å²) in [5.74, 6) is 1.35. The molecule has 0 aliphatic heterocycles. The Hall–Kier alpha value is -2.02. The van der Waals surface area contributed by atoms with E-state index in [0.29, 0.717) is 23.8 Å². The van der Waals surface area contributed by atoms with Crippen LogP contribution in [-0.2, 0) is 19.3 Å². The van der Waals surface area contributed by atoms with Gasteiger partial charge in [0.2, 0.25) is 5.89 Å². The molecule has 2 aromatic rings. The van der Waals surface area contributed by atoms with Gasteiger partial charge in [-0.2, -0.15) is 4.98 Å². The number of hydrogen-bond acceptors (Lipinski definition) is 6. The zero-order chi connectivity index (χ0) is 14.7. The molecule has 0 fully saturated rings. The maximum atomic E-state index is 5.82. The number of thiocarbonyl (C=S) groups is 1. The van der Waals surface area contributed by atoms with Crippen LogP contribution in [0.2, 0.25) is 0 Å². The molecule has 6 nitrogen and oxygen atoms in total. The normalized spacial score (nSPS) is 13.7. The molecule has 0 unspecified atom stereocenters. The molecular weight excluding hydrogens is 286 g/mol. The van der Waals surface area contributed by atoms with Gasteiger partial charge in [-0.3, -0.25) is 0 Å². The van der Waals surface area contributed by atoms with Crippen LogP contribution >= 0.6 is 12.2 Å². The molecule has 3 N–H and O–H groups in total. The van der Waals surface area contributed by atoms with Crippen molar-refractivity contribution in [3.8, 4) is 0 Å². The average Bonchev–Trinajstić information content (AvgIpc) is 2.99. The summed E-state index contributed by atoms with van der Waals surface area (Å²) in [6.45, 7) is 0.642. The summed E-state index contributed by atoms with van der Waals surface area (Å²) in [6, 6.07) is 2.08. The van der Waals surface area contributed by atoms with Gasteiger partial charge < -0.3 is 15.6 Å². The highest BCUT2D eigenvalue weighted by Gasteiger charge is 2.16. The van der Waals surface area contributed by atoms with E-state index in [1.165, 1.54) is 24.7 Å². The number of hydrogen-bond donors (Lipinski definition) is 2. The third-order valence-electron chi connectivity index (χ3n) is 3.60. The molecule has 21 heavy (non-hydrogen) atoms. The van der Waals surface area contributed by atoms with Gasteiger partial charge in [0.25, 0.3) is 0 Å². The van der Waals surface area contributed by atoms with E-state index in [2.05, 4.69) is 21.5 Å². The molecule has 0 bridgehead atoms. The number of rotatable bonds is 5. The van der Waals surface area contributed by atoms with Gasteiger partial charge >= 0.3 is 0 Å². The Labute approximate surface area is 128 Å². The highest BCUT2D eigenvalue weighted by molar-refractivity contribution is 7.80. The number of nitrogens with one attached hydrogen (secondary N) is 1. The van der Waals surface area contributed by atoms with Crippen LogP contribution in [0.1, 0.15) is 35.6 Å². The molecule has 7 heteroatoms. The summed E-state index contributed by atoms with van der Waals surface area (Å²) in [7, 11) is 0. The van der Waals surface area contributed by atoms with Gasteiger partial charge in [-0.25, -0.2) is 4.98 Å². The van der Waals surface area contributed by atoms with Crippen molar-refractivity contribution in [1.82, 2.24) is 15.1 Å². The Morgan fingerprint density at radius 3 is 3.00 bits per heavy atom. The fourth-order valence-electron chi connectivity index (χ4n) is 2.55. The van der Waals surface area contributed by atoms with E-state index in [4.69, 9.17) is 27.5 Å². The molecule has 0 saturated carbocycles. The summed E-state index contributed by atoms with van der Waals surface area (Å²) < 4.78 is 4.97. The minimum Gasteiger partial charge on any atom is -0.389 e. The Morgan fingerprint density at radius 2 is 2.24 bits per heavy atom. The second-order valence-electron chi connectivity index (χ2n) is 5.07. The lowest BCUT2D eigenvalue weighted by Gasteiger charge is -2.19. The molecule has 2 aromatic heterocycles. The topological polar surface area (TPSA) is 89.9 Å². The van der Waals surface area contributed by atoms with E-state index in [1.54, 1.807) is 0 Å². The predicted octanol–water partition coefficient (Wildman–Crippen LogP) is 1.63. The lowest BCUT2D eigenvalue weighted by Crippen LogP contribution is -2.19. The second-order valence-corrected chi connectivity index (χ2v) is 5.51. The Bertz CT molecular complexity index is 641. The maximum absolute atomic E-state index is 5.82. The monoisotopic (exact) mass is 303 g/mol. The Kier molecular flexibility index (Phi) is 4.10. The first-order valence-corrected chi connectivity index (χ1v) is 7.47. The lowest BCUT2D eigenvalue weighted by molar-refractivity contribution is 0.379. The van der Waals surface area contributed by atoms with Crippen molar-refractivity contribution in [2.45, 2.75) is 32.1 Å². The van der Waals surface area contributed by atoms with Crippen molar-refractivity contribution < 1.29 is 4.52 Å². The fourth-order valence-corrected chi connectivity index (χ4v) is 2.71. The number of fused-ring (bicyclic) bond motifs is 1. The van der Waals surface area contributed by atoms with Crippen LogP contribution in [0.25, 0.3) is 0 Å². The first-order valence-electron chi connectivity index (χ1n) is 7.06. The first kappa shape index (κ1) is 13.9. The highest BCUT2D eigenvalue weighted by atomic mass is 32.1. The Balaban J connectivity index is 1.77. The molecule has 2 heterocycles. The van der Waals surface area contributed by atoms with Crippen LogP contribution in [0.4, 0.5) is 5.82 Å². The molecule has 1 aliphatic rings. The van der Waals surface area contributed by atoms with Crippen molar-refractivity contribution in [1.29, 1.82) is 0 Å². The average molecular weight is 303 g/mol. The molecular formula is C14H17N5OS. The molecule has 0 atom stereocenters. The number of nitrogens with two attached hydrogens (primary N) is 1. The van der Waals surface area contributed by atoms with E-state index in [-0.39, 0.29) is 0 Å². The summed E-state index contributed by atoms with van der Waals surface area (Å²) in [6.07, 6.45) is 6.50. The quantitative estimate of drug-likeness (QED) is 0.811. The summed E-state index contributed by atoms with van der Waals surface area (Å²) in [4.78, 5) is 9.07. The van der Waals surface area contributed by atoms with Crippen LogP contribution < -0.4 is 11.1 Å². The zero-order valence-corrected chi connectivity index (χ0v) is 12.4. The van der Waals surface area contributed by atoms with Gasteiger partial charge in [0.1, 0.15) is 10.8 Å². The largest absolute Gasteiger partial charge is 0.389 e. The van der Waals surface area contributed by atoms with Crippen LogP contribution in [0, 0.1) is 0 Å². The molecule has 3 rings (SSSR count). The minimum absolute atomic E-state index is 0.371. The standard InChI is InChI=1S/C14H17N5OS/c15-13(21)10-7-9-3-1-2-4-11(9)19-14(10)16-6-5-12-17-8-18-20-12/h7-8H,1-6H2,(H2,15,21)(H,16,19). The molecule has 1 aliphatic carbocycles. The first-order chi connectivity index (χ1) is 10.2. The van der Waals surface area contributed by atoms with E-state index >= 15 is 0 Å². The molecule has 110 valence electrons. The van der Waals surface area contributed by atoms with E-state index in [0.717, 1.165) is 29.9 Å². The van der Waals surface area contributed by atoms with Gasteiger partial charge in [-0.15, -0.1) is 0 Å². The molecule has 0 saturated heterocycles. The summed E-state index contributed by atoms with van der Waals surface area (Å²) >= 11 is 5.14. The molecule has 0 amide bonds. The van der Waals surface area contributed by atoms with Crippen LogP contribution in [0.3, 0.4) is 0 Å². The van der Waals surface area contributed by atoms with Gasteiger partial charge in [0, 0.05) is 18.7 Å². The van der Waals surface area contributed by atoms with E-state index < -0.39 is 0 Å². The zero-order valence-electron chi connectivity index (χ0n) is 11.6. The van der Waals surface area contributed by atoms with Crippen molar-refractivity contribution in [3.05, 3.63) is 35.1 Å². The number of aromatic nitrogens is 3. The molecule has 0 radical (unpaired) electrons. The Morgan fingerprint density at radius 1 is 1.38 bits per heavy atom. The second kappa shape index (κ2) is 6.17. The molecule has 0 aromatic carbocycles. The third kappa shape index (κ3) is 3.18. The van der Waals surface area contributed by atoms with Crippen molar-refractivity contribution in [2.75, 3.05) is 11.9 Å². The fraction of sp³-hybridized carbons (Fsp3) is 0.429. The van der Waals surface area contributed by atoms with Crippen LogP contribution in [0.5, 0.6) is 0 Å². The SMILES string of the molecule is NC(=S)c1cc2c(nc1NCCc1ncno1)CCCC2. The van der Waals surface area contributed by atoms with Crippen molar-refractivity contribution in [2.24, 2.45) is 5.73 Å². The number of aryl methyl sites for hydroxylation is 2. The summed E-state index contributed by atoms with van der Waals surface area (Å²) in [5.41, 5.74) is 9.06. The van der Waals surface area contributed by atoms with Crippen molar-refractivity contribution in [3.63, 3.8) is 0 Å². The van der Waals surface area contributed by atoms with Gasteiger partial charge in [0.15, 0.2) is 6.33 Å². The van der Waals surface area contributed by atoms with E-state index in [1.807, 2.05) is 0 Å².